The van der Waals surface area contributed by atoms with E-state index in [-0.39, 0.29) is 18.1 Å². The molecule has 1 aromatic heterocycles. The van der Waals surface area contributed by atoms with Gasteiger partial charge in [0.05, 0.1) is 19.3 Å². The number of morpholine rings is 1. The van der Waals surface area contributed by atoms with Gasteiger partial charge in [0.25, 0.3) is 5.91 Å². The zero-order valence-electron chi connectivity index (χ0n) is 15.1. The van der Waals surface area contributed by atoms with Crippen LogP contribution in [0.15, 0.2) is 6.07 Å². The molecule has 0 aliphatic carbocycles. The van der Waals surface area contributed by atoms with E-state index in [1.165, 1.54) is 0 Å². The smallest absolute Gasteiger partial charge is 0.274 e. The Balaban J connectivity index is 1.33. The van der Waals surface area contributed by atoms with E-state index in [0.29, 0.717) is 18.2 Å². The van der Waals surface area contributed by atoms with Gasteiger partial charge in [0, 0.05) is 51.4 Å². The lowest BCUT2D eigenvalue weighted by Crippen LogP contribution is -2.56. The molecule has 4 heterocycles. The zero-order chi connectivity index (χ0) is 17.4. The van der Waals surface area contributed by atoms with Crippen molar-refractivity contribution >= 4 is 5.91 Å². The van der Waals surface area contributed by atoms with Crippen LogP contribution in [0.4, 0.5) is 0 Å². The second-order valence-electron chi connectivity index (χ2n) is 7.30. The molecule has 1 aromatic rings. The molecular weight excluding hydrogens is 322 g/mol. The highest BCUT2D eigenvalue weighted by atomic mass is 16.5. The van der Waals surface area contributed by atoms with Gasteiger partial charge in [-0.3, -0.25) is 9.69 Å². The highest BCUT2D eigenvalue weighted by Crippen LogP contribution is 2.21. The summed E-state index contributed by atoms with van der Waals surface area (Å²) in [6.45, 7) is 9.69. The first-order chi connectivity index (χ1) is 12.1. The minimum absolute atomic E-state index is 0.00583. The molecule has 0 bridgehead atoms. The number of nitrogens with zero attached hydrogens (tertiary/aromatic N) is 5. The first kappa shape index (κ1) is 16.8. The first-order valence-electron chi connectivity index (χ1n) is 9.14. The van der Waals surface area contributed by atoms with Crippen molar-refractivity contribution in [2.75, 3.05) is 59.5 Å². The molecule has 0 N–H and O–H groups in total. The molecule has 3 aliphatic heterocycles. The lowest BCUT2D eigenvalue weighted by atomic mass is 10.1. The second kappa shape index (κ2) is 6.93. The molecule has 2 unspecified atom stereocenters. The number of amides is 1. The zero-order valence-corrected chi connectivity index (χ0v) is 15.1. The summed E-state index contributed by atoms with van der Waals surface area (Å²) in [5.41, 5.74) is 0.493. The van der Waals surface area contributed by atoms with Crippen molar-refractivity contribution < 1.29 is 14.3 Å². The molecule has 2 atom stereocenters. The molecule has 3 aliphatic rings. The van der Waals surface area contributed by atoms with Gasteiger partial charge in [0.15, 0.2) is 5.69 Å². The predicted octanol–water partition coefficient (Wildman–Crippen LogP) is -0.248. The molecule has 2 saturated heterocycles. The SMILES string of the molecule is CC1CN(CC2CN(C)CCO2)CCN1C(=O)c1cc2n(n1)CCO2. The fraction of sp³-hybridized carbons (Fsp3) is 0.765. The van der Waals surface area contributed by atoms with Crippen molar-refractivity contribution in [3.63, 3.8) is 0 Å². The van der Waals surface area contributed by atoms with Crippen LogP contribution >= 0.6 is 0 Å². The number of carbonyl (C=O) groups excluding carboxylic acids is 1. The molecule has 1 amide bonds. The third-order valence-corrected chi connectivity index (χ3v) is 5.29. The van der Waals surface area contributed by atoms with Gasteiger partial charge >= 0.3 is 0 Å². The van der Waals surface area contributed by atoms with Gasteiger partial charge in [-0.25, -0.2) is 4.68 Å². The number of fused-ring (bicyclic) bond motifs is 1. The maximum absolute atomic E-state index is 12.8. The molecular formula is C17H27N5O3. The predicted molar refractivity (Wildman–Crippen MR) is 91.9 cm³/mol. The van der Waals surface area contributed by atoms with E-state index in [2.05, 4.69) is 28.9 Å². The molecule has 2 fully saturated rings. The summed E-state index contributed by atoms with van der Waals surface area (Å²) in [6, 6.07) is 1.93. The van der Waals surface area contributed by atoms with Crippen LogP contribution in [-0.2, 0) is 11.3 Å². The Hall–Kier alpha value is -1.64. The van der Waals surface area contributed by atoms with Crippen molar-refractivity contribution in [2.45, 2.75) is 25.6 Å². The van der Waals surface area contributed by atoms with Crippen LogP contribution in [0.25, 0.3) is 0 Å². The maximum atomic E-state index is 12.8. The van der Waals surface area contributed by atoms with Gasteiger partial charge in [-0.15, -0.1) is 0 Å². The van der Waals surface area contributed by atoms with E-state index in [9.17, 15) is 4.79 Å². The number of carbonyl (C=O) groups is 1. The second-order valence-corrected chi connectivity index (χ2v) is 7.30. The van der Waals surface area contributed by atoms with Crippen molar-refractivity contribution in [2.24, 2.45) is 0 Å². The molecule has 8 heteroatoms. The van der Waals surface area contributed by atoms with Crippen LogP contribution in [0.2, 0.25) is 0 Å². The fourth-order valence-electron chi connectivity index (χ4n) is 3.93. The summed E-state index contributed by atoms with van der Waals surface area (Å²) >= 11 is 0. The Morgan fingerprint density at radius 2 is 2.12 bits per heavy atom. The highest BCUT2D eigenvalue weighted by molar-refractivity contribution is 5.93. The van der Waals surface area contributed by atoms with Gasteiger partial charge in [0.2, 0.25) is 5.88 Å². The normalized spacial score (nSPS) is 28.0. The standard InChI is InChI=1S/C17H27N5O3/c1-13-10-20(12-14-11-19(2)5-7-24-14)3-4-21(13)17(23)15-9-16-22(18-15)6-8-25-16/h9,13-14H,3-8,10-12H2,1-2H3. The average molecular weight is 349 g/mol. The Kier molecular flexibility index (Phi) is 4.66. The number of aromatic nitrogens is 2. The minimum Gasteiger partial charge on any atom is -0.476 e. The van der Waals surface area contributed by atoms with Crippen LogP contribution in [-0.4, -0.2) is 102 Å². The van der Waals surface area contributed by atoms with E-state index in [0.717, 1.165) is 52.4 Å². The minimum atomic E-state index is 0.00583. The number of hydrogen-bond acceptors (Lipinski definition) is 6. The molecule has 0 spiro atoms. The van der Waals surface area contributed by atoms with E-state index in [1.54, 1.807) is 10.7 Å². The van der Waals surface area contributed by atoms with E-state index < -0.39 is 0 Å². The summed E-state index contributed by atoms with van der Waals surface area (Å²) in [5, 5.41) is 4.38. The molecule has 8 nitrogen and oxygen atoms in total. The third kappa shape index (κ3) is 3.51. The highest BCUT2D eigenvalue weighted by Gasteiger charge is 2.32. The number of rotatable bonds is 3. The summed E-state index contributed by atoms with van der Waals surface area (Å²) in [5.74, 6) is 0.708. The molecule has 4 rings (SSSR count). The number of piperazine rings is 1. The van der Waals surface area contributed by atoms with Gasteiger partial charge in [-0.05, 0) is 14.0 Å². The van der Waals surface area contributed by atoms with Crippen LogP contribution in [0.3, 0.4) is 0 Å². The number of hydrogen-bond donors (Lipinski definition) is 0. The van der Waals surface area contributed by atoms with Crippen molar-refractivity contribution in [1.82, 2.24) is 24.5 Å². The van der Waals surface area contributed by atoms with Gasteiger partial charge < -0.3 is 19.3 Å². The Morgan fingerprint density at radius 1 is 1.24 bits per heavy atom. The van der Waals surface area contributed by atoms with Crippen LogP contribution < -0.4 is 4.74 Å². The molecule has 0 aromatic carbocycles. The molecule has 0 saturated carbocycles. The van der Waals surface area contributed by atoms with Crippen LogP contribution in [0, 0.1) is 0 Å². The van der Waals surface area contributed by atoms with E-state index in [1.807, 2.05) is 4.90 Å². The lowest BCUT2D eigenvalue weighted by Gasteiger charge is -2.41. The van der Waals surface area contributed by atoms with Crippen molar-refractivity contribution in [3.05, 3.63) is 11.8 Å². The van der Waals surface area contributed by atoms with E-state index in [4.69, 9.17) is 9.47 Å². The maximum Gasteiger partial charge on any atom is 0.274 e. The topological polar surface area (TPSA) is 63.1 Å². The van der Waals surface area contributed by atoms with Crippen molar-refractivity contribution in [1.29, 1.82) is 0 Å². The largest absolute Gasteiger partial charge is 0.476 e. The van der Waals surface area contributed by atoms with Gasteiger partial charge in [-0.1, -0.05) is 0 Å². The fourth-order valence-corrected chi connectivity index (χ4v) is 3.93. The Bertz CT molecular complexity index is 612. The molecule has 25 heavy (non-hydrogen) atoms. The van der Waals surface area contributed by atoms with Crippen molar-refractivity contribution in [3.8, 4) is 5.88 Å². The Morgan fingerprint density at radius 3 is 2.88 bits per heavy atom. The average Bonchev–Trinajstić information content (AvgIpc) is 3.16. The Labute approximate surface area is 148 Å². The summed E-state index contributed by atoms with van der Waals surface area (Å²) < 4.78 is 13.1. The van der Waals surface area contributed by atoms with Gasteiger partial charge in [0.1, 0.15) is 6.61 Å². The third-order valence-electron chi connectivity index (χ3n) is 5.29. The monoisotopic (exact) mass is 349 g/mol. The first-order valence-corrected chi connectivity index (χ1v) is 9.14. The van der Waals surface area contributed by atoms with Crippen LogP contribution in [0.1, 0.15) is 17.4 Å². The van der Waals surface area contributed by atoms with Crippen LogP contribution in [0.5, 0.6) is 5.88 Å². The lowest BCUT2D eigenvalue weighted by molar-refractivity contribution is -0.0436. The number of ether oxygens (including phenoxy) is 2. The quantitative estimate of drug-likeness (QED) is 0.750. The van der Waals surface area contributed by atoms with Gasteiger partial charge in [-0.2, -0.15) is 5.10 Å². The summed E-state index contributed by atoms with van der Waals surface area (Å²) in [4.78, 5) is 19.5. The van der Waals surface area contributed by atoms with E-state index >= 15 is 0 Å². The molecule has 138 valence electrons. The summed E-state index contributed by atoms with van der Waals surface area (Å²) in [7, 11) is 2.14. The number of likely N-dealkylation sites (N-methyl/N-ethyl adjacent to an activating group) is 1. The molecule has 0 radical (unpaired) electrons. The summed E-state index contributed by atoms with van der Waals surface area (Å²) in [6.07, 6.45) is 0.265.